The molecule has 1 amide bonds. The van der Waals surface area contributed by atoms with Crippen molar-refractivity contribution >= 4 is 73.1 Å². The van der Waals surface area contributed by atoms with Crippen LogP contribution in [-0.4, -0.2) is 22.6 Å². The zero-order valence-corrected chi connectivity index (χ0v) is 19.2. The maximum absolute atomic E-state index is 12.5. The molecule has 2 aromatic carbocycles. The Morgan fingerprint density at radius 2 is 2.06 bits per heavy atom. The molecule has 10 heteroatoms. The first-order chi connectivity index (χ1) is 14.9. The van der Waals surface area contributed by atoms with Crippen LogP contribution in [0, 0.1) is 0 Å². The highest BCUT2D eigenvalue weighted by molar-refractivity contribution is 7.80. The van der Waals surface area contributed by atoms with Crippen molar-refractivity contribution in [2.45, 2.75) is 6.92 Å². The van der Waals surface area contributed by atoms with Gasteiger partial charge in [0.05, 0.1) is 26.9 Å². The lowest BCUT2D eigenvalue weighted by molar-refractivity contribution is 0.0951. The van der Waals surface area contributed by atoms with Crippen molar-refractivity contribution in [1.29, 1.82) is 0 Å². The Morgan fingerprint density at radius 3 is 2.87 bits per heavy atom. The largest absolute Gasteiger partial charge is 0.494 e. The summed E-state index contributed by atoms with van der Waals surface area (Å²) in [6, 6.07) is 14.0. The van der Waals surface area contributed by atoms with Crippen LogP contribution in [-0.2, 0) is 0 Å². The minimum atomic E-state index is -0.498. The lowest BCUT2D eigenvalue weighted by atomic mass is 10.2. The van der Waals surface area contributed by atoms with E-state index in [0.717, 1.165) is 16.0 Å². The van der Waals surface area contributed by atoms with Gasteiger partial charge in [0.2, 0.25) is 0 Å². The molecule has 6 nitrogen and oxygen atoms in total. The van der Waals surface area contributed by atoms with E-state index in [2.05, 4.69) is 15.6 Å². The third-order valence-electron chi connectivity index (χ3n) is 4.17. The molecule has 158 valence electrons. The van der Waals surface area contributed by atoms with Gasteiger partial charge in [-0.2, -0.15) is 0 Å². The Hall–Kier alpha value is -2.65. The standard InChI is InChI=1S/C21H15Cl2N3O3S2/c1-2-28-11-6-7-14-17(10-11)31-21(24-14)26-20(30)25-19(27)16-9-8-15(29-16)12-4-3-5-13(22)18(12)23/h3-10H,2H2,1H3,(H2,24,25,26,27,30). The number of halogens is 2. The quantitative estimate of drug-likeness (QED) is 0.315. The van der Waals surface area contributed by atoms with Crippen LogP contribution in [0.5, 0.6) is 5.75 Å². The molecular weight excluding hydrogens is 477 g/mol. The van der Waals surface area contributed by atoms with Gasteiger partial charge in [-0.1, -0.05) is 40.6 Å². The molecule has 0 atom stereocenters. The number of thiazole rings is 1. The molecule has 0 fully saturated rings. The zero-order valence-electron chi connectivity index (χ0n) is 16.1. The van der Waals surface area contributed by atoms with Gasteiger partial charge in [-0.3, -0.25) is 10.1 Å². The van der Waals surface area contributed by atoms with E-state index in [4.69, 9.17) is 44.6 Å². The summed E-state index contributed by atoms with van der Waals surface area (Å²) in [7, 11) is 0. The number of furan rings is 1. The highest BCUT2D eigenvalue weighted by Gasteiger charge is 2.16. The number of rotatable bonds is 5. The normalized spacial score (nSPS) is 10.8. The minimum Gasteiger partial charge on any atom is -0.494 e. The zero-order chi connectivity index (χ0) is 22.0. The van der Waals surface area contributed by atoms with Crippen molar-refractivity contribution in [2.24, 2.45) is 0 Å². The van der Waals surface area contributed by atoms with Crippen molar-refractivity contribution in [1.82, 2.24) is 10.3 Å². The van der Waals surface area contributed by atoms with Crippen molar-refractivity contribution in [2.75, 3.05) is 11.9 Å². The number of carbonyl (C=O) groups is 1. The van der Waals surface area contributed by atoms with Gasteiger partial charge < -0.3 is 14.5 Å². The Balaban J connectivity index is 1.43. The van der Waals surface area contributed by atoms with E-state index >= 15 is 0 Å². The van der Waals surface area contributed by atoms with E-state index in [1.54, 1.807) is 24.3 Å². The maximum atomic E-state index is 12.5. The van der Waals surface area contributed by atoms with Crippen LogP contribution in [0.2, 0.25) is 10.0 Å². The van der Waals surface area contributed by atoms with Gasteiger partial charge in [0.25, 0.3) is 5.91 Å². The van der Waals surface area contributed by atoms with Crippen LogP contribution in [0.25, 0.3) is 21.5 Å². The van der Waals surface area contributed by atoms with Gasteiger partial charge >= 0.3 is 0 Å². The maximum Gasteiger partial charge on any atom is 0.293 e. The number of ether oxygens (including phenoxy) is 1. The number of nitrogens with one attached hydrogen (secondary N) is 2. The van der Waals surface area contributed by atoms with Crippen LogP contribution in [0.15, 0.2) is 52.9 Å². The highest BCUT2D eigenvalue weighted by atomic mass is 35.5. The Morgan fingerprint density at radius 1 is 1.23 bits per heavy atom. The van der Waals surface area contributed by atoms with Gasteiger partial charge in [0, 0.05) is 5.56 Å². The molecule has 0 saturated carbocycles. The molecule has 4 rings (SSSR count). The summed E-state index contributed by atoms with van der Waals surface area (Å²) in [5.74, 6) is 0.782. The van der Waals surface area contributed by atoms with E-state index < -0.39 is 5.91 Å². The average Bonchev–Trinajstić information content (AvgIpc) is 3.36. The molecule has 0 spiro atoms. The minimum absolute atomic E-state index is 0.0841. The van der Waals surface area contributed by atoms with Crippen LogP contribution >= 0.6 is 46.8 Å². The molecule has 0 unspecified atom stereocenters. The van der Waals surface area contributed by atoms with E-state index in [9.17, 15) is 4.79 Å². The summed E-state index contributed by atoms with van der Waals surface area (Å²) < 4.78 is 12.1. The van der Waals surface area contributed by atoms with Gasteiger partial charge in [-0.05, 0) is 61.6 Å². The molecule has 2 aromatic heterocycles. The Kier molecular flexibility index (Phi) is 6.43. The summed E-state index contributed by atoms with van der Waals surface area (Å²) >= 11 is 18.9. The number of fused-ring (bicyclic) bond motifs is 1. The average molecular weight is 492 g/mol. The molecule has 0 aliphatic carbocycles. The number of hydrogen-bond donors (Lipinski definition) is 2. The molecule has 2 heterocycles. The fraction of sp³-hybridized carbons (Fsp3) is 0.0952. The predicted molar refractivity (Wildman–Crippen MR) is 129 cm³/mol. The monoisotopic (exact) mass is 491 g/mol. The molecule has 31 heavy (non-hydrogen) atoms. The molecule has 0 aliphatic rings. The summed E-state index contributed by atoms with van der Waals surface area (Å²) in [6.07, 6.45) is 0. The third kappa shape index (κ3) is 4.83. The number of amides is 1. The second-order valence-electron chi connectivity index (χ2n) is 6.26. The molecule has 2 N–H and O–H groups in total. The lowest BCUT2D eigenvalue weighted by Crippen LogP contribution is -2.33. The highest BCUT2D eigenvalue weighted by Crippen LogP contribution is 2.34. The Bertz CT molecular complexity index is 1290. The second-order valence-corrected chi connectivity index (χ2v) is 8.48. The molecule has 0 bridgehead atoms. The van der Waals surface area contributed by atoms with Crippen LogP contribution < -0.4 is 15.4 Å². The SMILES string of the molecule is CCOc1ccc2nc(NC(=S)NC(=O)c3ccc(-c4cccc(Cl)c4Cl)o3)sc2c1. The van der Waals surface area contributed by atoms with Crippen LogP contribution in [0.1, 0.15) is 17.5 Å². The first-order valence-electron chi connectivity index (χ1n) is 9.14. The number of benzene rings is 2. The van der Waals surface area contributed by atoms with E-state index in [-0.39, 0.29) is 10.9 Å². The summed E-state index contributed by atoms with van der Waals surface area (Å²) in [4.78, 5) is 17.0. The molecule has 0 aliphatic heterocycles. The van der Waals surface area contributed by atoms with Crippen molar-refractivity contribution in [3.05, 3.63) is 64.3 Å². The summed E-state index contributed by atoms with van der Waals surface area (Å²) in [5, 5.41) is 6.92. The fourth-order valence-electron chi connectivity index (χ4n) is 2.81. The molecule has 0 saturated heterocycles. The topological polar surface area (TPSA) is 76.4 Å². The number of aromatic nitrogens is 1. The van der Waals surface area contributed by atoms with Gasteiger partial charge in [-0.15, -0.1) is 0 Å². The smallest absolute Gasteiger partial charge is 0.293 e. The van der Waals surface area contributed by atoms with Gasteiger partial charge in [0.1, 0.15) is 11.5 Å². The number of carbonyl (C=O) groups excluding carboxylic acids is 1. The molecule has 4 aromatic rings. The Labute approximate surface area is 197 Å². The van der Waals surface area contributed by atoms with E-state index in [1.165, 1.54) is 17.4 Å². The number of thiocarbonyl (C=S) groups is 1. The summed E-state index contributed by atoms with van der Waals surface area (Å²) in [6.45, 7) is 2.51. The lowest BCUT2D eigenvalue weighted by Gasteiger charge is -2.05. The van der Waals surface area contributed by atoms with Gasteiger partial charge in [-0.25, -0.2) is 4.98 Å². The van der Waals surface area contributed by atoms with Crippen molar-refractivity contribution < 1.29 is 13.9 Å². The number of hydrogen-bond acceptors (Lipinski definition) is 6. The van der Waals surface area contributed by atoms with Crippen LogP contribution in [0.3, 0.4) is 0 Å². The second kappa shape index (κ2) is 9.23. The van der Waals surface area contributed by atoms with Crippen LogP contribution in [0.4, 0.5) is 5.13 Å². The van der Waals surface area contributed by atoms with Gasteiger partial charge in [0.15, 0.2) is 16.0 Å². The predicted octanol–water partition coefficient (Wildman–Crippen LogP) is 6.39. The fourth-order valence-corrected chi connectivity index (χ4v) is 4.35. The van der Waals surface area contributed by atoms with Crippen molar-refractivity contribution in [3.8, 4) is 17.1 Å². The first-order valence-corrected chi connectivity index (χ1v) is 11.1. The number of nitrogens with zero attached hydrogens (tertiary/aromatic N) is 1. The van der Waals surface area contributed by atoms with E-state index in [1.807, 2.05) is 25.1 Å². The summed E-state index contributed by atoms with van der Waals surface area (Å²) in [5.41, 5.74) is 1.40. The van der Waals surface area contributed by atoms with Crippen molar-refractivity contribution in [3.63, 3.8) is 0 Å². The van der Waals surface area contributed by atoms with E-state index in [0.29, 0.717) is 33.1 Å². The third-order valence-corrected chi connectivity index (χ3v) is 6.12. The molecule has 0 radical (unpaired) electrons. The molecular formula is C21H15Cl2N3O3S2. The number of anilines is 1. The first kappa shape index (κ1) is 21.6.